The van der Waals surface area contributed by atoms with Crippen LogP contribution in [0.15, 0.2) is 90.1 Å². The summed E-state index contributed by atoms with van der Waals surface area (Å²) < 4.78 is 24.0. The lowest BCUT2D eigenvalue weighted by Crippen LogP contribution is -1.97. The first-order valence-corrected chi connectivity index (χ1v) is 14.8. The number of aryl methyl sites for hydroxylation is 1. The van der Waals surface area contributed by atoms with E-state index >= 15 is 0 Å². The summed E-state index contributed by atoms with van der Waals surface area (Å²) >= 11 is 1.62. The molecule has 0 saturated heterocycles. The molecule has 5 aromatic rings. The first-order chi connectivity index (χ1) is 17.7. The molecule has 0 fully saturated rings. The third kappa shape index (κ3) is 5.41. The van der Waals surface area contributed by atoms with E-state index in [2.05, 4.69) is 67.4 Å². The van der Waals surface area contributed by atoms with Crippen molar-refractivity contribution in [2.45, 2.75) is 31.6 Å². The number of thiazole rings is 1. The molecule has 6 heteroatoms. The molecule has 0 N–H and O–H groups in total. The van der Waals surface area contributed by atoms with E-state index < -0.39 is 9.84 Å². The summed E-state index contributed by atoms with van der Waals surface area (Å²) in [6.45, 7) is 6.45. The van der Waals surface area contributed by atoms with E-state index in [1.54, 1.807) is 23.5 Å². The molecule has 0 aliphatic carbocycles. The summed E-state index contributed by atoms with van der Waals surface area (Å²) in [6.07, 6.45) is 7.05. The predicted molar refractivity (Wildman–Crippen MR) is 155 cm³/mol. The van der Waals surface area contributed by atoms with Crippen molar-refractivity contribution in [1.29, 1.82) is 0 Å². The lowest BCUT2D eigenvalue weighted by Gasteiger charge is -2.13. The lowest BCUT2D eigenvalue weighted by molar-refractivity contribution is 0.602. The van der Waals surface area contributed by atoms with Gasteiger partial charge < -0.3 is 0 Å². The highest BCUT2D eigenvalue weighted by Crippen LogP contribution is 2.34. The third-order valence-electron chi connectivity index (χ3n) is 6.35. The first-order valence-electron chi connectivity index (χ1n) is 12.1. The smallest absolute Gasteiger partial charge is 0.175 e. The van der Waals surface area contributed by atoms with Gasteiger partial charge in [-0.1, -0.05) is 50.2 Å². The summed E-state index contributed by atoms with van der Waals surface area (Å²) in [5, 5.41) is 2.03. The van der Waals surface area contributed by atoms with Gasteiger partial charge in [-0.3, -0.25) is 4.98 Å². The zero-order valence-corrected chi connectivity index (χ0v) is 22.9. The second kappa shape index (κ2) is 10.0. The van der Waals surface area contributed by atoms with E-state index in [1.807, 2.05) is 37.5 Å². The lowest BCUT2D eigenvalue weighted by atomic mass is 9.93. The number of aromatic nitrogens is 2. The second-order valence-electron chi connectivity index (χ2n) is 9.55. The van der Waals surface area contributed by atoms with Gasteiger partial charge in [0.2, 0.25) is 0 Å². The van der Waals surface area contributed by atoms with Crippen molar-refractivity contribution in [3.63, 3.8) is 0 Å². The van der Waals surface area contributed by atoms with Crippen LogP contribution in [0.4, 0.5) is 0 Å². The quantitative estimate of drug-likeness (QED) is 0.213. The van der Waals surface area contributed by atoms with Crippen LogP contribution in [-0.4, -0.2) is 24.6 Å². The molecule has 37 heavy (non-hydrogen) atoms. The SMILES string of the molecule is Cc1cnc(/C(=C\c2cccc(-c3cc(C(C)C)cc4cccnc34)c2)c2ccc(S(C)(=O)=O)cc2)s1. The van der Waals surface area contributed by atoms with Gasteiger partial charge in [-0.25, -0.2) is 13.4 Å². The highest BCUT2D eigenvalue weighted by Gasteiger charge is 2.14. The van der Waals surface area contributed by atoms with Crippen LogP contribution in [0.25, 0.3) is 33.7 Å². The first kappa shape index (κ1) is 25.1. The molecule has 5 rings (SSSR count). The summed E-state index contributed by atoms with van der Waals surface area (Å²) in [5.74, 6) is 0.404. The largest absolute Gasteiger partial charge is 0.256 e. The van der Waals surface area contributed by atoms with E-state index in [1.165, 1.54) is 11.8 Å². The molecular weight excluding hydrogens is 496 g/mol. The standard InChI is InChI=1S/C31H28N2O2S2/c1-20(2)26-17-25-9-6-14-32-30(25)28(18-26)24-8-5-7-22(15-24)16-29(31-33-19-21(3)36-31)23-10-12-27(13-11-23)37(4,34)35/h5-20H,1-4H3/b29-16-. The number of hydrogen-bond acceptors (Lipinski definition) is 5. The zero-order valence-electron chi connectivity index (χ0n) is 21.3. The molecule has 186 valence electrons. The maximum atomic E-state index is 12.0. The molecular formula is C31H28N2O2S2. The summed E-state index contributed by atoms with van der Waals surface area (Å²) in [4.78, 5) is 10.8. The van der Waals surface area contributed by atoms with Crippen LogP contribution in [0.5, 0.6) is 0 Å². The minimum absolute atomic E-state index is 0.303. The molecule has 2 aromatic heterocycles. The number of hydrogen-bond donors (Lipinski definition) is 0. The second-order valence-corrected chi connectivity index (χ2v) is 12.8. The summed E-state index contributed by atoms with van der Waals surface area (Å²) in [7, 11) is -3.27. The van der Waals surface area contributed by atoms with Crippen LogP contribution in [0.3, 0.4) is 0 Å². The Labute approximate surface area is 222 Å². The molecule has 3 aromatic carbocycles. The molecule has 0 unspecified atom stereocenters. The van der Waals surface area contributed by atoms with Crippen LogP contribution < -0.4 is 0 Å². The molecule has 0 radical (unpaired) electrons. The van der Waals surface area contributed by atoms with Gasteiger partial charge in [-0.15, -0.1) is 11.3 Å². The van der Waals surface area contributed by atoms with Gasteiger partial charge in [0.25, 0.3) is 0 Å². The highest BCUT2D eigenvalue weighted by molar-refractivity contribution is 7.90. The Hall–Kier alpha value is -3.61. The Kier molecular flexibility index (Phi) is 6.80. The Bertz CT molecular complexity index is 1730. The van der Waals surface area contributed by atoms with E-state index in [-0.39, 0.29) is 0 Å². The number of pyridine rings is 1. The maximum Gasteiger partial charge on any atom is 0.175 e. The van der Waals surface area contributed by atoms with Gasteiger partial charge in [-0.05, 0) is 77.6 Å². The molecule has 0 bridgehead atoms. The van der Waals surface area contributed by atoms with Crippen molar-refractivity contribution in [3.05, 3.63) is 112 Å². The zero-order chi connectivity index (χ0) is 26.2. The Morgan fingerprint density at radius 2 is 1.73 bits per heavy atom. The van der Waals surface area contributed by atoms with Gasteiger partial charge in [0.15, 0.2) is 9.84 Å². The number of sulfone groups is 1. The van der Waals surface area contributed by atoms with Crippen LogP contribution >= 0.6 is 11.3 Å². The Morgan fingerprint density at radius 3 is 2.41 bits per heavy atom. The minimum Gasteiger partial charge on any atom is -0.256 e. The molecule has 2 heterocycles. The number of nitrogens with zero attached hydrogens (tertiary/aromatic N) is 2. The molecule has 0 saturated carbocycles. The van der Waals surface area contributed by atoms with Crippen molar-refractivity contribution >= 4 is 43.7 Å². The fraction of sp³-hybridized carbons (Fsp3) is 0.161. The predicted octanol–water partition coefficient (Wildman–Crippen LogP) is 7.78. The average molecular weight is 525 g/mol. The van der Waals surface area contributed by atoms with Crippen molar-refractivity contribution in [2.24, 2.45) is 0 Å². The Morgan fingerprint density at radius 1 is 0.946 bits per heavy atom. The molecule has 0 atom stereocenters. The van der Waals surface area contributed by atoms with Gasteiger partial charge in [0, 0.05) is 40.0 Å². The van der Waals surface area contributed by atoms with E-state index in [4.69, 9.17) is 4.98 Å². The van der Waals surface area contributed by atoms with Crippen LogP contribution in [-0.2, 0) is 9.84 Å². The van der Waals surface area contributed by atoms with Crippen LogP contribution in [0.1, 0.15) is 46.3 Å². The molecule has 0 amide bonds. The maximum absolute atomic E-state index is 12.0. The molecule has 4 nitrogen and oxygen atoms in total. The summed E-state index contributed by atoms with van der Waals surface area (Å²) in [6, 6.07) is 24.0. The van der Waals surface area contributed by atoms with Crippen molar-refractivity contribution in [2.75, 3.05) is 6.26 Å². The fourth-order valence-electron chi connectivity index (χ4n) is 4.36. The highest BCUT2D eigenvalue weighted by atomic mass is 32.2. The third-order valence-corrected chi connectivity index (χ3v) is 8.42. The molecule has 0 spiro atoms. The van der Waals surface area contributed by atoms with Crippen LogP contribution in [0, 0.1) is 6.92 Å². The summed E-state index contributed by atoms with van der Waals surface area (Å²) in [5.41, 5.74) is 7.38. The van der Waals surface area contributed by atoms with E-state index in [0.29, 0.717) is 10.8 Å². The van der Waals surface area contributed by atoms with Gasteiger partial charge >= 0.3 is 0 Å². The number of fused-ring (bicyclic) bond motifs is 1. The van der Waals surface area contributed by atoms with Gasteiger partial charge in [-0.2, -0.15) is 0 Å². The number of rotatable bonds is 6. The average Bonchev–Trinajstić information content (AvgIpc) is 3.32. The normalized spacial score (nSPS) is 12.4. The van der Waals surface area contributed by atoms with E-state index in [9.17, 15) is 8.42 Å². The Balaban J connectivity index is 1.65. The molecule has 0 aliphatic rings. The van der Waals surface area contributed by atoms with Crippen molar-refractivity contribution < 1.29 is 8.42 Å². The topological polar surface area (TPSA) is 59.9 Å². The van der Waals surface area contributed by atoms with Crippen molar-refractivity contribution in [3.8, 4) is 11.1 Å². The number of benzene rings is 3. The van der Waals surface area contributed by atoms with Crippen molar-refractivity contribution in [1.82, 2.24) is 9.97 Å². The van der Waals surface area contributed by atoms with Gasteiger partial charge in [0.05, 0.1) is 10.4 Å². The fourth-order valence-corrected chi connectivity index (χ4v) is 5.79. The minimum atomic E-state index is -3.27. The van der Waals surface area contributed by atoms with E-state index in [0.717, 1.165) is 48.6 Å². The van der Waals surface area contributed by atoms with Gasteiger partial charge in [0.1, 0.15) is 5.01 Å². The monoisotopic (exact) mass is 524 g/mol. The van der Waals surface area contributed by atoms with Crippen LogP contribution in [0.2, 0.25) is 0 Å². The molecule has 0 aliphatic heterocycles.